The Balaban J connectivity index is 2.97. The summed E-state index contributed by atoms with van der Waals surface area (Å²) in [4.78, 5) is 11.9. The Morgan fingerprint density at radius 2 is 2.00 bits per heavy atom. The molecule has 1 aromatic carbocycles. The van der Waals surface area contributed by atoms with Crippen LogP contribution in [-0.4, -0.2) is 23.3 Å². The summed E-state index contributed by atoms with van der Waals surface area (Å²) >= 11 is 0. The first-order valence-corrected chi connectivity index (χ1v) is 5.54. The number of esters is 1. The minimum Gasteiger partial charge on any atom is -0.456 e. The molecule has 1 N–H and O–H groups in total. The molecule has 1 aromatic rings. The number of hydrogen-bond acceptors (Lipinski definition) is 3. The lowest BCUT2D eigenvalue weighted by Gasteiger charge is -2.20. The zero-order valence-electron chi connectivity index (χ0n) is 10.4. The summed E-state index contributed by atoms with van der Waals surface area (Å²) in [7, 11) is 0. The number of ether oxygens (including phenoxy) is 1. The van der Waals surface area contributed by atoms with Crippen LogP contribution >= 0.6 is 0 Å². The van der Waals surface area contributed by atoms with Crippen molar-refractivity contribution in [2.75, 3.05) is 6.61 Å². The molecule has 0 saturated heterocycles. The van der Waals surface area contributed by atoms with Crippen LogP contribution in [0.2, 0.25) is 0 Å². The van der Waals surface area contributed by atoms with Crippen LogP contribution in [-0.2, 0) is 4.74 Å². The Labute approximate surface area is 102 Å². The first-order chi connectivity index (χ1) is 7.94. The molecule has 0 saturated carbocycles. The maximum atomic E-state index is 11.9. The molecule has 1 rings (SSSR count). The number of aliphatic hydroxyl groups is 1. The van der Waals surface area contributed by atoms with Crippen molar-refractivity contribution in [3.05, 3.63) is 41.5 Å². The summed E-state index contributed by atoms with van der Waals surface area (Å²) in [5.74, 6) is -0.351. The molecule has 0 atom stereocenters. The van der Waals surface area contributed by atoms with Gasteiger partial charge in [0.15, 0.2) is 0 Å². The number of aliphatic hydroxyl groups excluding tert-OH is 1. The van der Waals surface area contributed by atoms with Gasteiger partial charge in [-0.3, -0.25) is 0 Å². The molecular formula is C14H18O3. The monoisotopic (exact) mass is 234 g/mol. The van der Waals surface area contributed by atoms with Crippen LogP contribution < -0.4 is 0 Å². The quantitative estimate of drug-likeness (QED) is 0.818. The molecule has 17 heavy (non-hydrogen) atoms. The molecule has 0 amide bonds. The largest absolute Gasteiger partial charge is 0.456 e. The van der Waals surface area contributed by atoms with Gasteiger partial charge in [0.25, 0.3) is 0 Å². The Bertz CT molecular complexity index is 414. The fourth-order valence-corrected chi connectivity index (χ4v) is 1.34. The van der Waals surface area contributed by atoms with Gasteiger partial charge in [-0.15, -0.1) is 0 Å². The number of benzene rings is 1. The molecule has 0 bridgehead atoms. The molecule has 0 spiro atoms. The van der Waals surface area contributed by atoms with Crippen LogP contribution in [0.3, 0.4) is 0 Å². The van der Waals surface area contributed by atoms with Gasteiger partial charge in [-0.05, 0) is 32.4 Å². The van der Waals surface area contributed by atoms with Gasteiger partial charge in [0.05, 0.1) is 12.2 Å². The highest BCUT2D eigenvalue weighted by molar-refractivity contribution is 5.93. The zero-order valence-corrected chi connectivity index (χ0v) is 10.4. The molecule has 3 nitrogen and oxygen atoms in total. The van der Waals surface area contributed by atoms with Crippen LogP contribution in [0.1, 0.15) is 36.7 Å². The minimum atomic E-state index is -0.509. The second-order valence-electron chi connectivity index (χ2n) is 4.67. The molecule has 92 valence electrons. The number of hydrogen-bond donors (Lipinski definition) is 1. The van der Waals surface area contributed by atoms with E-state index in [1.54, 1.807) is 24.3 Å². The van der Waals surface area contributed by atoms with E-state index >= 15 is 0 Å². The third-order valence-electron chi connectivity index (χ3n) is 1.98. The highest BCUT2D eigenvalue weighted by Gasteiger charge is 2.19. The average molecular weight is 234 g/mol. The van der Waals surface area contributed by atoms with E-state index in [0.29, 0.717) is 5.56 Å². The summed E-state index contributed by atoms with van der Waals surface area (Å²) < 4.78 is 5.31. The molecule has 0 fully saturated rings. The summed E-state index contributed by atoms with van der Waals surface area (Å²) in [5.41, 5.74) is 0.744. The third kappa shape index (κ3) is 4.41. The Morgan fingerprint density at radius 1 is 1.35 bits per heavy atom. The maximum Gasteiger partial charge on any atom is 0.339 e. The van der Waals surface area contributed by atoms with E-state index < -0.39 is 5.60 Å². The van der Waals surface area contributed by atoms with Gasteiger partial charge in [0.2, 0.25) is 0 Å². The SMILES string of the molecule is CC(C)(C)OC(=O)c1ccccc1C=CCO. The molecule has 0 aliphatic carbocycles. The summed E-state index contributed by atoms with van der Waals surface area (Å²) in [6, 6.07) is 7.15. The number of carbonyl (C=O) groups excluding carboxylic acids is 1. The predicted octanol–water partition coefficient (Wildman–Crippen LogP) is 2.65. The molecular weight excluding hydrogens is 216 g/mol. The second-order valence-corrected chi connectivity index (χ2v) is 4.67. The van der Waals surface area contributed by atoms with E-state index in [2.05, 4.69) is 0 Å². The Morgan fingerprint density at radius 3 is 2.59 bits per heavy atom. The van der Waals surface area contributed by atoms with Crippen LogP contribution in [0, 0.1) is 0 Å². The van der Waals surface area contributed by atoms with Crippen molar-refractivity contribution in [1.82, 2.24) is 0 Å². The topological polar surface area (TPSA) is 46.5 Å². The molecule has 0 aromatic heterocycles. The van der Waals surface area contributed by atoms with Crippen molar-refractivity contribution in [2.24, 2.45) is 0 Å². The van der Waals surface area contributed by atoms with E-state index in [1.165, 1.54) is 0 Å². The van der Waals surface area contributed by atoms with Crippen molar-refractivity contribution in [3.8, 4) is 0 Å². The van der Waals surface area contributed by atoms with Crippen LogP contribution in [0.5, 0.6) is 0 Å². The summed E-state index contributed by atoms with van der Waals surface area (Å²) in [6.07, 6.45) is 3.29. The van der Waals surface area contributed by atoms with Crippen molar-refractivity contribution in [3.63, 3.8) is 0 Å². The second kappa shape index (κ2) is 5.64. The smallest absolute Gasteiger partial charge is 0.339 e. The van der Waals surface area contributed by atoms with Gasteiger partial charge < -0.3 is 9.84 Å². The fourth-order valence-electron chi connectivity index (χ4n) is 1.34. The first kappa shape index (κ1) is 13.5. The molecule has 0 radical (unpaired) electrons. The number of carbonyl (C=O) groups is 1. The zero-order chi connectivity index (χ0) is 12.9. The molecule has 0 unspecified atom stereocenters. The standard InChI is InChI=1S/C14H18O3/c1-14(2,3)17-13(16)12-9-5-4-7-11(12)8-6-10-15/h4-9,15H,10H2,1-3H3. The van der Waals surface area contributed by atoms with Gasteiger partial charge in [0.1, 0.15) is 5.60 Å². The molecule has 0 aliphatic heterocycles. The molecule has 0 heterocycles. The van der Waals surface area contributed by atoms with E-state index in [9.17, 15) is 4.79 Å². The van der Waals surface area contributed by atoms with Crippen molar-refractivity contribution >= 4 is 12.0 Å². The van der Waals surface area contributed by atoms with E-state index in [4.69, 9.17) is 9.84 Å². The molecule has 0 aliphatic rings. The predicted molar refractivity (Wildman–Crippen MR) is 67.7 cm³/mol. The van der Waals surface area contributed by atoms with Crippen molar-refractivity contribution < 1.29 is 14.6 Å². The normalized spacial score (nSPS) is 11.8. The van der Waals surface area contributed by atoms with Gasteiger partial charge in [-0.2, -0.15) is 0 Å². The van der Waals surface area contributed by atoms with Crippen LogP contribution in [0.15, 0.2) is 30.3 Å². The highest BCUT2D eigenvalue weighted by Crippen LogP contribution is 2.16. The van der Waals surface area contributed by atoms with E-state index in [1.807, 2.05) is 32.9 Å². The van der Waals surface area contributed by atoms with Crippen LogP contribution in [0.4, 0.5) is 0 Å². The molecule has 3 heteroatoms. The average Bonchev–Trinajstić information content (AvgIpc) is 2.24. The summed E-state index contributed by atoms with van der Waals surface area (Å²) in [5, 5.41) is 8.74. The highest BCUT2D eigenvalue weighted by atomic mass is 16.6. The van der Waals surface area contributed by atoms with Gasteiger partial charge in [-0.25, -0.2) is 4.79 Å². The minimum absolute atomic E-state index is 0.0529. The Kier molecular flexibility index (Phi) is 4.46. The maximum absolute atomic E-state index is 11.9. The fraction of sp³-hybridized carbons (Fsp3) is 0.357. The van der Waals surface area contributed by atoms with Gasteiger partial charge in [-0.1, -0.05) is 30.4 Å². The first-order valence-electron chi connectivity index (χ1n) is 5.54. The van der Waals surface area contributed by atoms with E-state index in [-0.39, 0.29) is 12.6 Å². The van der Waals surface area contributed by atoms with Crippen molar-refractivity contribution in [1.29, 1.82) is 0 Å². The van der Waals surface area contributed by atoms with Crippen molar-refractivity contribution in [2.45, 2.75) is 26.4 Å². The third-order valence-corrected chi connectivity index (χ3v) is 1.98. The Hall–Kier alpha value is -1.61. The van der Waals surface area contributed by atoms with Gasteiger partial charge in [0, 0.05) is 0 Å². The summed E-state index contributed by atoms with van der Waals surface area (Å²) in [6.45, 7) is 5.44. The van der Waals surface area contributed by atoms with E-state index in [0.717, 1.165) is 5.56 Å². The lowest BCUT2D eigenvalue weighted by Crippen LogP contribution is -2.24. The van der Waals surface area contributed by atoms with Gasteiger partial charge >= 0.3 is 5.97 Å². The lowest BCUT2D eigenvalue weighted by molar-refractivity contribution is 0.00693. The number of rotatable bonds is 3. The van der Waals surface area contributed by atoms with Crippen LogP contribution in [0.25, 0.3) is 6.08 Å². The lowest BCUT2D eigenvalue weighted by atomic mass is 10.1.